The quantitative estimate of drug-likeness (QED) is 0.777. The van der Waals surface area contributed by atoms with E-state index in [9.17, 15) is 4.79 Å². The average Bonchev–Trinajstić information content (AvgIpc) is 2.73. The number of hydrogen-bond acceptors (Lipinski definition) is 5. The zero-order chi connectivity index (χ0) is 12.4. The van der Waals surface area contributed by atoms with Crippen molar-refractivity contribution in [3.05, 3.63) is 22.7 Å². The first-order valence-corrected chi connectivity index (χ1v) is 6.32. The van der Waals surface area contributed by atoms with Gasteiger partial charge in [-0.1, -0.05) is 0 Å². The summed E-state index contributed by atoms with van der Waals surface area (Å²) in [4.78, 5) is 17.6. The minimum atomic E-state index is -0.199. The molecule has 1 aromatic heterocycles. The second kappa shape index (κ2) is 4.70. The van der Waals surface area contributed by atoms with Crippen molar-refractivity contribution in [1.29, 1.82) is 0 Å². The molecule has 0 aliphatic carbocycles. The van der Waals surface area contributed by atoms with Gasteiger partial charge in [-0.25, -0.2) is 4.98 Å². The molecular formula is C12H17N3O3. The number of nitrogens with one attached hydrogen (secondary N) is 2. The van der Waals surface area contributed by atoms with Crippen LogP contribution in [0.1, 0.15) is 19.3 Å². The molecule has 0 amide bonds. The largest absolute Gasteiger partial charge is 0.472 e. The first-order chi connectivity index (χ1) is 8.76. The molecule has 2 aliphatic rings. The Bertz CT molecular complexity index is 468. The van der Waals surface area contributed by atoms with Gasteiger partial charge < -0.3 is 19.8 Å². The lowest BCUT2D eigenvalue weighted by atomic mass is 9.89. The Morgan fingerprint density at radius 2 is 2.28 bits per heavy atom. The first kappa shape index (κ1) is 11.7. The summed E-state index contributed by atoms with van der Waals surface area (Å²) in [6, 6.07) is 1.37. The van der Waals surface area contributed by atoms with Crippen molar-refractivity contribution < 1.29 is 9.47 Å². The maximum absolute atomic E-state index is 11.1. The minimum Gasteiger partial charge on any atom is -0.472 e. The predicted molar refractivity (Wildman–Crippen MR) is 64.7 cm³/mol. The molecule has 0 saturated carbocycles. The number of aromatic amines is 1. The van der Waals surface area contributed by atoms with Gasteiger partial charge in [0.2, 0.25) is 5.88 Å². The van der Waals surface area contributed by atoms with E-state index in [0.29, 0.717) is 12.5 Å². The minimum absolute atomic E-state index is 0.00241. The van der Waals surface area contributed by atoms with Gasteiger partial charge in [0.15, 0.2) is 0 Å². The number of ether oxygens (including phenoxy) is 2. The van der Waals surface area contributed by atoms with E-state index >= 15 is 0 Å². The Labute approximate surface area is 105 Å². The van der Waals surface area contributed by atoms with Crippen molar-refractivity contribution in [2.75, 3.05) is 19.7 Å². The highest BCUT2D eigenvalue weighted by Gasteiger charge is 2.42. The Morgan fingerprint density at radius 1 is 1.44 bits per heavy atom. The third-order valence-electron chi connectivity index (χ3n) is 3.63. The number of aromatic nitrogens is 2. The van der Waals surface area contributed by atoms with Crippen molar-refractivity contribution in [3.63, 3.8) is 0 Å². The second-order valence-electron chi connectivity index (χ2n) is 4.94. The third kappa shape index (κ3) is 2.39. The van der Waals surface area contributed by atoms with E-state index in [1.54, 1.807) is 0 Å². The zero-order valence-electron chi connectivity index (χ0n) is 10.1. The van der Waals surface area contributed by atoms with E-state index in [2.05, 4.69) is 15.3 Å². The van der Waals surface area contributed by atoms with Gasteiger partial charge in [0.25, 0.3) is 5.56 Å². The lowest BCUT2D eigenvalue weighted by Crippen LogP contribution is -2.41. The molecule has 18 heavy (non-hydrogen) atoms. The fraction of sp³-hybridized carbons (Fsp3) is 0.667. The normalized spacial score (nSPS) is 26.3. The summed E-state index contributed by atoms with van der Waals surface area (Å²) < 4.78 is 11.6. The summed E-state index contributed by atoms with van der Waals surface area (Å²) in [6.45, 7) is 2.57. The van der Waals surface area contributed by atoms with Gasteiger partial charge in [0.1, 0.15) is 6.10 Å². The standard InChI is InChI=1S/C12H17N3O3/c16-10-5-11(15-8-14-10)18-9-6-12(17-7-9)1-3-13-4-2-12/h5,8-9,13H,1-4,6-7H2,(H,14,15,16). The Balaban J connectivity index is 1.64. The van der Waals surface area contributed by atoms with Crippen LogP contribution >= 0.6 is 0 Å². The lowest BCUT2D eigenvalue weighted by molar-refractivity contribution is -0.0205. The highest BCUT2D eigenvalue weighted by Crippen LogP contribution is 2.35. The van der Waals surface area contributed by atoms with E-state index in [-0.39, 0.29) is 17.3 Å². The molecule has 1 atom stereocenters. The highest BCUT2D eigenvalue weighted by atomic mass is 16.6. The van der Waals surface area contributed by atoms with Crippen LogP contribution in [0.3, 0.4) is 0 Å². The summed E-state index contributed by atoms with van der Waals surface area (Å²) >= 11 is 0. The van der Waals surface area contributed by atoms with Crippen molar-refractivity contribution in [2.45, 2.75) is 31.0 Å². The van der Waals surface area contributed by atoms with Gasteiger partial charge in [-0.15, -0.1) is 0 Å². The van der Waals surface area contributed by atoms with Crippen LogP contribution < -0.4 is 15.6 Å². The van der Waals surface area contributed by atoms with Crippen LogP contribution in [0.2, 0.25) is 0 Å². The molecule has 1 aromatic rings. The summed E-state index contributed by atoms with van der Waals surface area (Å²) in [7, 11) is 0. The molecule has 1 unspecified atom stereocenters. The van der Waals surface area contributed by atoms with Crippen LogP contribution in [0.5, 0.6) is 5.88 Å². The fourth-order valence-corrected chi connectivity index (χ4v) is 2.69. The smallest absolute Gasteiger partial charge is 0.254 e. The van der Waals surface area contributed by atoms with Crippen molar-refractivity contribution in [3.8, 4) is 5.88 Å². The Hall–Kier alpha value is -1.40. The fourth-order valence-electron chi connectivity index (χ4n) is 2.69. The second-order valence-corrected chi connectivity index (χ2v) is 4.94. The Kier molecular flexibility index (Phi) is 3.05. The van der Waals surface area contributed by atoms with E-state index in [1.165, 1.54) is 12.4 Å². The van der Waals surface area contributed by atoms with E-state index in [1.807, 2.05) is 0 Å². The van der Waals surface area contributed by atoms with Crippen LogP contribution in [0.25, 0.3) is 0 Å². The summed E-state index contributed by atoms with van der Waals surface area (Å²) in [5.74, 6) is 0.373. The monoisotopic (exact) mass is 251 g/mol. The SMILES string of the molecule is O=c1cc(OC2COC3(CCNCC3)C2)nc[nH]1. The van der Waals surface area contributed by atoms with Gasteiger partial charge in [-0.3, -0.25) is 4.79 Å². The van der Waals surface area contributed by atoms with Crippen LogP contribution in [-0.2, 0) is 4.74 Å². The molecular weight excluding hydrogens is 234 g/mol. The van der Waals surface area contributed by atoms with Crippen molar-refractivity contribution >= 4 is 0 Å². The molecule has 0 aromatic carbocycles. The molecule has 98 valence electrons. The number of nitrogens with zero attached hydrogens (tertiary/aromatic N) is 1. The van der Waals surface area contributed by atoms with Crippen molar-refractivity contribution in [1.82, 2.24) is 15.3 Å². The number of H-pyrrole nitrogens is 1. The molecule has 2 N–H and O–H groups in total. The zero-order valence-corrected chi connectivity index (χ0v) is 10.1. The van der Waals surface area contributed by atoms with Crippen LogP contribution in [0.15, 0.2) is 17.2 Å². The maximum Gasteiger partial charge on any atom is 0.254 e. The maximum atomic E-state index is 11.1. The van der Waals surface area contributed by atoms with E-state index < -0.39 is 0 Å². The first-order valence-electron chi connectivity index (χ1n) is 6.32. The average molecular weight is 251 g/mol. The summed E-state index contributed by atoms with van der Waals surface area (Å²) in [6.07, 6.45) is 4.28. The van der Waals surface area contributed by atoms with Crippen molar-refractivity contribution in [2.24, 2.45) is 0 Å². The van der Waals surface area contributed by atoms with Crippen LogP contribution in [0.4, 0.5) is 0 Å². The molecule has 0 bridgehead atoms. The van der Waals surface area contributed by atoms with Gasteiger partial charge in [0.05, 0.1) is 24.6 Å². The number of piperidine rings is 1. The number of hydrogen-bond donors (Lipinski definition) is 2. The molecule has 1 spiro atoms. The van der Waals surface area contributed by atoms with Gasteiger partial charge in [-0.05, 0) is 25.9 Å². The molecule has 2 aliphatic heterocycles. The highest BCUT2D eigenvalue weighted by molar-refractivity contribution is 5.07. The van der Waals surface area contributed by atoms with Crippen LogP contribution in [0, 0.1) is 0 Å². The molecule has 6 nitrogen and oxygen atoms in total. The molecule has 6 heteroatoms. The van der Waals surface area contributed by atoms with Gasteiger partial charge >= 0.3 is 0 Å². The number of rotatable bonds is 2. The van der Waals surface area contributed by atoms with E-state index in [0.717, 1.165) is 32.4 Å². The molecule has 0 radical (unpaired) electrons. The van der Waals surface area contributed by atoms with Gasteiger partial charge in [0, 0.05) is 6.42 Å². The van der Waals surface area contributed by atoms with Gasteiger partial charge in [-0.2, -0.15) is 0 Å². The lowest BCUT2D eigenvalue weighted by Gasteiger charge is -2.32. The predicted octanol–water partition coefficient (Wildman–Crippen LogP) is 0.0598. The molecule has 2 saturated heterocycles. The molecule has 3 heterocycles. The molecule has 2 fully saturated rings. The Morgan fingerprint density at radius 3 is 3.06 bits per heavy atom. The summed E-state index contributed by atoms with van der Waals surface area (Å²) in [5, 5.41) is 3.33. The van der Waals surface area contributed by atoms with Crippen LogP contribution in [-0.4, -0.2) is 41.4 Å². The molecule has 3 rings (SSSR count). The van der Waals surface area contributed by atoms with E-state index in [4.69, 9.17) is 9.47 Å². The third-order valence-corrected chi connectivity index (χ3v) is 3.63. The summed E-state index contributed by atoms with van der Waals surface area (Å²) in [5.41, 5.74) is -0.229. The topological polar surface area (TPSA) is 76.2 Å².